The number of allylic oxidation sites excluding steroid dienone is 1. The van der Waals surface area contributed by atoms with Crippen LogP contribution < -0.4 is 16.0 Å². The van der Waals surface area contributed by atoms with Crippen LogP contribution in [0.15, 0.2) is 53.7 Å². The molecule has 0 fully saturated rings. The highest BCUT2D eigenvalue weighted by Gasteiger charge is 2.31. The molecule has 3 amide bonds. The van der Waals surface area contributed by atoms with Gasteiger partial charge in [0.25, 0.3) is 11.6 Å². The predicted octanol–water partition coefficient (Wildman–Crippen LogP) is 4.17. The third kappa shape index (κ3) is 4.08. The van der Waals surface area contributed by atoms with E-state index in [0.29, 0.717) is 16.3 Å². The van der Waals surface area contributed by atoms with E-state index < -0.39 is 22.9 Å². The van der Waals surface area contributed by atoms with Gasteiger partial charge in [-0.25, -0.2) is 4.79 Å². The summed E-state index contributed by atoms with van der Waals surface area (Å²) in [5.41, 5.74) is 1.25. The number of rotatable bonds is 4. The average molecular weight is 421 g/mol. The highest BCUT2D eigenvalue weighted by atomic mass is 35.5. The van der Waals surface area contributed by atoms with Crippen LogP contribution in [0.1, 0.15) is 18.5 Å². The third-order valence-corrected chi connectivity index (χ3v) is 4.84. The van der Waals surface area contributed by atoms with Crippen molar-refractivity contribution in [1.82, 2.24) is 10.6 Å². The molecule has 28 heavy (non-hydrogen) atoms. The van der Waals surface area contributed by atoms with E-state index in [1.807, 2.05) is 0 Å². The first-order valence-corrected chi connectivity index (χ1v) is 8.81. The maximum Gasteiger partial charge on any atom is 0.319 e. The van der Waals surface area contributed by atoms with Gasteiger partial charge in [-0.2, -0.15) is 0 Å². The van der Waals surface area contributed by atoms with Gasteiger partial charge in [0.1, 0.15) is 0 Å². The number of carbonyl (C=O) groups is 2. The molecule has 1 aliphatic heterocycles. The predicted molar refractivity (Wildman–Crippen MR) is 105 cm³/mol. The molecule has 0 aliphatic carbocycles. The number of amides is 3. The monoisotopic (exact) mass is 420 g/mol. The Labute approximate surface area is 169 Å². The lowest BCUT2D eigenvalue weighted by atomic mass is 9.95. The first-order valence-electron chi connectivity index (χ1n) is 8.05. The second-order valence-corrected chi connectivity index (χ2v) is 6.82. The zero-order valence-corrected chi connectivity index (χ0v) is 16.0. The lowest BCUT2D eigenvalue weighted by Gasteiger charge is -2.28. The summed E-state index contributed by atoms with van der Waals surface area (Å²) in [5.74, 6) is -0.526. The van der Waals surface area contributed by atoms with Gasteiger partial charge in [-0.3, -0.25) is 14.9 Å². The number of halogens is 2. The summed E-state index contributed by atoms with van der Waals surface area (Å²) >= 11 is 12.0. The Morgan fingerprint density at radius 3 is 2.61 bits per heavy atom. The van der Waals surface area contributed by atoms with Gasteiger partial charge in [0, 0.05) is 23.5 Å². The second-order valence-electron chi connectivity index (χ2n) is 6.01. The molecule has 3 N–H and O–H groups in total. The molecule has 10 heteroatoms. The molecular formula is C18H14Cl2N4O4. The maximum absolute atomic E-state index is 12.9. The summed E-state index contributed by atoms with van der Waals surface area (Å²) in [4.78, 5) is 35.2. The number of anilines is 1. The fourth-order valence-electron chi connectivity index (χ4n) is 2.83. The van der Waals surface area contributed by atoms with Crippen molar-refractivity contribution in [1.29, 1.82) is 0 Å². The highest BCUT2D eigenvalue weighted by Crippen LogP contribution is 2.32. The van der Waals surface area contributed by atoms with Gasteiger partial charge in [-0.15, -0.1) is 0 Å². The summed E-state index contributed by atoms with van der Waals surface area (Å²) in [7, 11) is 0. The van der Waals surface area contributed by atoms with Gasteiger partial charge in [0.05, 0.1) is 26.6 Å². The summed E-state index contributed by atoms with van der Waals surface area (Å²) in [6.45, 7) is 1.59. The largest absolute Gasteiger partial charge is 0.327 e. The number of hydrogen-bond donors (Lipinski definition) is 3. The van der Waals surface area contributed by atoms with Crippen LogP contribution in [-0.4, -0.2) is 16.9 Å². The number of nitrogens with one attached hydrogen (secondary N) is 3. The van der Waals surface area contributed by atoms with Crippen molar-refractivity contribution in [3.8, 4) is 0 Å². The van der Waals surface area contributed by atoms with Crippen LogP contribution in [0, 0.1) is 10.1 Å². The van der Waals surface area contributed by atoms with Crippen LogP contribution in [0.5, 0.6) is 0 Å². The van der Waals surface area contributed by atoms with Gasteiger partial charge in [-0.1, -0.05) is 35.3 Å². The molecule has 0 aromatic heterocycles. The summed E-state index contributed by atoms with van der Waals surface area (Å²) in [5, 5.41) is 19.4. The minimum atomic E-state index is -0.776. The van der Waals surface area contributed by atoms with E-state index in [1.165, 1.54) is 24.3 Å². The lowest BCUT2D eigenvalue weighted by molar-refractivity contribution is -0.384. The Balaban J connectivity index is 1.96. The molecule has 144 valence electrons. The van der Waals surface area contributed by atoms with Crippen LogP contribution in [0.4, 0.5) is 16.2 Å². The van der Waals surface area contributed by atoms with Crippen LogP contribution in [-0.2, 0) is 4.79 Å². The molecule has 1 aliphatic rings. The Bertz CT molecular complexity index is 1020. The number of carbonyl (C=O) groups excluding carboxylic acids is 2. The van der Waals surface area contributed by atoms with Gasteiger partial charge < -0.3 is 16.0 Å². The van der Waals surface area contributed by atoms with Crippen LogP contribution in [0.3, 0.4) is 0 Å². The lowest BCUT2D eigenvalue weighted by Crippen LogP contribution is -2.45. The van der Waals surface area contributed by atoms with Crippen molar-refractivity contribution < 1.29 is 14.5 Å². The van der Waals surface area contributed by atoms with E-state index in [4.69, 9.17) is 23.2 Å². The zero-order valence-electron chi connectivity index (χ0n) is 14.5. The van der Waals surface area contributed by atoms with Gasteiger partial charge in [0.2, 0.25) is 0 Å². The van der Waals surface area contributed by atoms with Crippen LogP contribution in [0.2, 0.25) is 10.0 Å². The van der Waals surface area contributed by atoms with Gasteiger partial charge in [-0.05, 0) is 30.7 Å². The summed E-state index contributed by atoms with van der Waals surface area (Å²) in [6, 6.07) is 9.10. The summed E-state index contributed by atoms with van der Waals surface area (Å²) in [6.07, 6.45) is 0. The number of nitrogens with zero attached hydrogens (tertiary/aromatic N) is 1. The number of benzene rings is 2. The average Bonchev–Trinajstić information content (AvgIpc) is 2.63. The topological polar surface area (TPSA) is 113 Å². The molecule has 2 aromatic carbocycles. The maximum atomic E-state index is 12.9. The molecule has 8 nitrogen and oxygen atoms in total. The minimum absolute atomic E-state index is 0.153. The quantitative estimate of drug-likeness (QED) is 0.508. The van der Waals surface area contributed by atoms with Gasteiger partial charge in [0.15, 0.2) is 0 Å². The number of hydrogen-bond acceptors (Lipinski definition) is 4. The number of non-ortho nitro benzene ring substituents is 1. The van der Waals surface area contributed by atoms with Crippen molar-refractivity contribution >= 4 is 46.5 Å². The Kier molecular flexibility index (Phi) is 5.53. The first-order chi connectivity index (χ1) is 13.3. The Morgan fingerprint density at radius 2 is 1.93 bits per heavy atom. The van der Waals surface area contributed by atoms with Crippen molar-refractivity contribution in [2.45, 2.75) is 13.0 Å². The Hall–Kier alpha value is -3.10. The molecule has 0 bridgehead atoms. The third-order valence-electron chi connectivity index (χ3n) is 4.11. The SMILES string of the molecule is CC1=C(C(=O)Nc2cccc([N+](=O)[O-])c2)C(c2ccc(Cl)c(Cl)c2)NC(=O)N1. The fourth-order valence-corrected chi connectivity index (χ4v) is 3.14. The normalized spacial score (nSPS) is 16.2. The number of nitro benzene ring substituents is 1. The van der Waals surface area contributed by atoms with Crippen molar-refractivity contribution in [3.63, 3.8) is 0 Å². The fraction of sp³-hybridized carbons (Fsp3) is 0.111. The molecule has 1 heterocycles. The van der Waals surface area contributed by atoms with Crippen LogP contribution >= 0.6 is 23.2 Å². The van der Waals surface area contributed by atoms with E-state index in [9.17, 15) is 19.7 Å². The number of nitro groups is 1. The minimum Gasteiger partial charge on any atom is -0.327 e. The smallest absolute Gasteiger partial charge is 0.319 e. The second kappa shape index (κ2) is 7.87. The van der Waals surface area contributed by atoms with Crippen LogP contribution in [0.25, 0.3) is 0 Å². The molecular weight excluding hydrogens is 407 g/mol. The van der Waals surface area contributed by atoms with E-state index in [-0.39, 0.29) is 22.0 Å². The molecule has 0 spiro atoms. The van der Waals surface area contributed by atoms with Crippen molar-refractivity contribution in [3.05, 3.63) is 79.5 Å². The first kappa shape index (κ1) is 19.7. The zero-order chi connectivity index (χ0) is 20.4. The molecule has 1 atom stereocenters. The van der Waals surface area contributed by atoms with E-state index in [0.717, 1.165) is 0 Å². The van der Waals surface area contributed by atoms with Gasteiger partial charge >= 0.3 is 6.03 Å². The molecule has 0 radical (unpaired) electrons. The molecule has 2 aromatic rings. The summed E-state index contributed by atoms with van der Waals surface area (Å²) < 4.78 is 0. The van der Waals surface area contributed by atoms with E-state index in [1.54, 1.807) is 25.1 Å². The number of urea groups is 1. The molecule has 0 saturated carbocycles. The van der Waals surface area contributed by atoms with E-state index >= 15 is 0 Å². The Morgan fingerprint density at radius 1 is 1.18 bits per heavy atom. The highest BCUT2D eigenvalue weighted by molar-refractivity contribution is 6.42. The van der Waals surface area contributed by atoms with Crippen molar-refractivity contribution in [2.75, 3.05) is 5.32 Å². The van der Waals surface area contributed by atoms with E-state index in [2.05, 4.69) is 16.0 Å². The molecule has 0 saturated heterocycles. The standard InChI is InChI=1S/C18H14Cl2N4O4/c1-9-15(17(25)22-11-3-2-4-12(8-11)24(27)28)16(23-18(26)21-9)10-5-6-13(19)14(20)7-10/h2-8,16H,1H3,(H,22,25)(H2,21,23,26). The molecule has 3 rings (SSSR count). The molecule has 1 unspecified atom stereocenters. The van der Waals surface area contributed by atoms with Crippen molar-refractivity contribution in [2.24, 2.45) is 0 Å².